The van der Waals surface area contributed by atoms with Crippen molar-refractivity contribution in [2.75, 3.05) is 6.54 Å². The van der Waals surface area contributed by atoms with Crippen LogP contribution in [0.3, 0.4) is 0 Å². The normalized spacial score (nSPS) is 23.8. The van der Waals surface area contributed by atoms with Crippen molar-refractivity contribution in [1.29, 1.82) is 0 Å². The minimum absolute atomic E-state index is 0.0322. The van der Waals surface area contributed by atoms with Gasteiger partial charge in [-0.2, -0.15) is 0 Å². The molecule has 1 aliphatic heterocycles. The van der Waals surface area contributed by atoms with Crippen LogP contribution in [-0.2, 0) is 5.54 Å². The van der Waals surface area contributed by atoms with Gasteiger partial charge in [0.2, 0.25) is 0 Å². The molecule has 86 valence electrons. The lowest BCUT2D eigenvalue weighted by atomic mass is 9.82. The van der Waals surface area contributed by atoms with Crippen molar-refractivity contribution in [2.24, 2.45) is 0 Å². The monoisotopic (exact) mass is 224 g/mol. The zero-order valence-electron chi connectivity index (χ0n) is 9.76. The van der Waals surface area contributed by atoms with E-state index in [1.54, 1.807) is 0 Å². The number of hydrogen-bond acceptors (Lipinski definition) is 2. The minimum Gasteiger partial charge on any atom is -0.304 e. The van der Waals surface area contributed by atoms with E-state index >= 15 is 0 Å². The van der Waals surface area contributed by atoms with E-state index in [1.165, 1.54) is 17.5 Å². The fraction of sp³-hybridized carbons (Fsp3) is 0.267. The minimum atomic E-state index is -0.0322. The van der Waals surface area contributed by atoms with Gasteiger partial charge < -0.3 is 5.32 Å². The fourth-order valence-corrected chi connectivity index (χ4v) is 2.74. The Labute approximate surface area is 102 Å². The summed E-state index contributed by atoms with van der Waals surface area (Å²) in [6.07, 6.45) is 6.16. The van der Waals surface area contributed by atoms with Crippen molar-refractivity contribution < 1.29 is 0 Å². The van der Waals surface area contributed by atoms with E-state index < -0.39 is 0 Å². The average Bonchev–Trinajstić information content (AvgIpc) is 2.91. The maximum Gasteiger partial charge on any atom is 0.0706 e. The third-order valence-corrected chi connectivity index (χ3v) is 3.58. The van der Waals surface area contributed by atoms with Crippen LogP contribution < -0.4 is 5.32 Å². The Bertz CT molecular complexity index is 431. The first-order valence-electron chi connectivity index (χ1n) is 6.13. The van der Waals surface area contributed by atoms with Crippen LogP contribution in [0.1, 0.15) is 24.0 Å². The highest BCUT2D eigenvalue weighted by Gasteiger charge is 2.36. The smallest absolute Gasteiger partial charge is 0.0706 e. The summed E-state index contributed by atoms with van der Waals surface area (Å²) in [5, 5.41) is 3.66. The van der Waals surface area contributed by atoms with E-state index in [9.17, 15) is 0 Å². The van der Waals surface area contributed by atoms with Gasteiger partial charge in [0.05, 0.1) is 5.54 Å². The number of nitrogens with zero attached hydrogens (tertiary/aromatic N) is 1. The molecule has 0 spiro atoms. The molecule has 1 fully saturated rings. The summed E-state index contributed by atoms with van der Waals surface area (Å²) in [4.78, 5) is 4.26. The molecule has 3 rings (SSSR count). The van der Waals surface area contributed by atoms with Gasteiger partial charge in [0.15, 0.2) is 0 Å². The lowest BCUT2D eigenvalue weighted by Crippen LogP contribution is -2.37. The second-order valence-electron chi connectivity index (χ2n) is 4.54. The van der Waals surface area contributed by atoms with Crippen molar-refractivity contribution >= 4 is 0 Å². The summed E-state index contributed by atoms with van der Waals surface area (Å²) in [6.45, 7) is 1.07. The van der Waals surface area contributed by atoms with Crippen LogP contribution in [0.25, 0.3) is 0 Å². The van der Waals surface area contributed by atoms with Crippen LogP contribution in [0.5, 0.6) is 0 Å². The van der Waals surface area contributed by atoms with E-state index in [0.717, 1.165) is 13.0 Å². The highest BCUT2D eigenvalue weighted by atomic mass is 15.0. The van der Waals surface area contributed by atoms with Gasteiger partial charge in [-0.1, -0.05) is 36.4 Å². The number of rotatable bonds is 2. The quantitative estimate of drug-likeness (QED) is 0.848. The molecule has 17 heavy (non-hydrogen) atoms. The predicted octanol–water partition coefficient (Wildman–Crippen LogP) is 2.71. The first kappa shape index (κ1) is 10.5. The Balaban J connectivity index is 2.11. The summed E-state index contributed by atoms with van der Waals surface area (Å²) >= 11 is 0. The molecule has 1 saturated heterocycles. The van der Waals surface area contributed by atoms with Crippen LogP contribution >= 0.6 is 0 Å². The van der Waals surface area contributed by atoms with Crippen LogP contribution in [0, 0.1) is 0 Å². The zero-order chi connectivity index (χ0) is 11.6. The summed E-state index contributed by atoms with van der Waals surface area (Å²) in [6, 6.07) is 14.9. The molecule has 2 heterocycles. The molecule has 1 N–H and O–H groups in total. The molecule has 0 bridgehead atoms. The van der Waals surface area contributed by atoms with Crippen LogP contribution in [0.2, 0.25) is 0 Å². The standard InChI is InChI=1S/C15H16N2/c1-2-6-13(7-3-1)15(9-5-11-17-15)14-8-4-10-16-12-14/h1-4,6-8,10,12,17H,5,9,11H2/t15-/m1/s1. The third kappa shape index (κ3) is 1.75. The second-order valence-corrected chi connectivity index (χ2v) is 4.54. The molecule has 0 saturated carbocycles. The third-order valence-electron chi connectivity index (χ3n) is 3.58. The zero-order valence-corrected chi connectivity index (χ0v) is 9.76. The molecule has 1 atom stereocenters. The topological polar surface area (TPSA) is 24.9 Å². The van der Waals surface area contributed by atoms with Gasteiger partial charge in [0.25, 0.3) is 0 Å². The molecule has 0 unspecified atom stereocenters. The molecule has 2 aromatic rings. The number of pyridine rings is 1. The molecular formula is C15H16N2. The van der Waals surface area contributed by atoms with Gasteiger partial charge in [-0.05, 0) is 36.6 Å². The van der Waals surface area contributed by atoms with E-state index in [1.807, 2.05) is 18.5 Å². The van der Waals surface area contributed by atoms with Gasteiger partial charge in [0.1, 0.15) is 0 Å². The maximum absolute atomic E-state index is 4.26. The summed E-state index contributed by atoms with van der Waals surface area (Å²) in [5.74, 6) is 0. The van der Waals surface area contributed by atoms with Crippen molar-refractivity contribution in [1.82, 2.24) is 10.3 Å². The molecule has 1 aromatic heterocycles. The van der Waals surface area contributed by atoms with Gasteiger partial charge in [-0.3, -0.25) is 4.98 Å². The highest BCUT2D eigenvalue weighted by molar-refractivity contribution is 5.38. The number of benzene rings is 1. The van der Waals surface area contributed by atoms with E-state index in [-0.39, 0.29) is 5.54 Å². The Morgan fingerprint density at radius 1 is 1.00 bits per heavy atom. The first-order valence-corrected chi connectivity index (χ1v) is 6.13. The van der Waals surface area contributed by atoms with E-state index in [0.29, 0.717) is 0 Å². The van der Waals surface area contributed by atoms with Gasteiger partial charge in [-0.15, -0.1) is 0 Å². The summed E-state index contributed by atoms with van der Waals surface area (Å²) in [5.41, 5.74) is 2.57. The first-order chi connectivity index (χ1) is 8.42. The number of nitrogens with one attached hydrogen (secondary N) is 1. The highest BCUT2D eigenvalue weighted by Crippen LogP contribution is 2.36. The van der Waals surface area contributed by atoms with Gasteiger partial charge in [0, 0.05) is 12.4 Å². The van der Waals surface area contributed by atoms with Crippen LogP contribution in [-0.4, -0.2) is 11.5 Å². The average molecular weight is 224 g/mol. The molecule has 1 aliphatic rings. The maximum atomic E-state index is 4.26. The van der Waals surface area contributed by atoms with Gasteiger partial charge >= 0.3 is 0 Å². The molecule has 1 aromatic carbocycles. The molecule has 0 aliphatic carbocycles. The van der Waals surface area contributed by atoms with Crippen molar-refractivity contribution in [3.05, 3.63) is 66.0 Å². The molecule has 2 nitrogen and oxygen atoms in total. The van der Waals surface area contributed by atoms with Crippen LogP contribution in [0.15, 0.2) is 54.9 Å². The van der Waals surface area contributed by atoms with Crippen molar-refractivity contribution in [2.45, 2.75) is 18.4 Å². The Kier molecular flexibility index (Phi) is 2.65. The van der Waals surface area contributed by atoms with Crippen molar-refractivity contribution in [3.8, 4) is 0 Å². The number of hydrogen-bond donors (Lipinski definition) is 1. The van der Waals surface area contributed by atoms with E-state index in [2.05, 4.69) is 46.7 Å². The van der Waals surface area contributed by atoms with Crippen LogP contribution in [0.4, 0.5) is 0 Å². The second kappa shape index (κ2) is 4.30. The summed E-state index contributed by atoms with van der Waals surface area (Å²) < 4.78 is 0. The number of aromatic nitrogens is 1. The Morgan fingerprint density at radius 2 is 1.82 bits per heavy atom. The molecule has 0 amide bonds. The van der Waals surface area contributed by atoms with E-state index in [4.69, 9.17) is 0 Å². The SMILES string of the molecule is c1ccc([C@@]2(c3cccnc3)CCCN2)cc1. The predicted molar refractivity (Wildman–Crippen MR) is 68.7 cm³/mol. The lowest BCUT2D eigenvalue weighted by molar-refractivity contribution is 0.474. The molecule has 2 heteroatoms. The largest absolute Gasteiger partial charge is 0.304 e. The lowest BCUT2D eigenvalue weighted by Gasteiger charge is -2.30. The van der Waals surface area contributed by atoms with Crippen molar-refractivity contribution in [3.63, 3.8) is 0 Å². The molecule has 0 radical (unpaired) electrons. The Hall–Kier alpha value is -1.67. The molecular weight excluding hydrogens is 208 g/mol. The van der Waals surface area contributed by atoms with Gasteiger partial charge in [-0.25, -0.2) is 0 Å². The fourth-order valence-electron chi connectivity index (χ4n) is 2.74. The summed E-state index contributed by atoms with van der Waals surface area (Å²) in [7, 11) is 0. The Morgan fingerprint density at radius 3 is 2.47 bits per heavy atom.